The first-order chi connectivity index (χ1) is 15.8. The predicted octanol–water partition coefficient (Wildman–Crippen LogP) is 4.91. The minimum atomic E-state index is -3.94. The number of ether oxygens (including phenoxy) is 1. The smallest absolute Gasteiger partial charge is 0.352 e. The SMILES string of the molecule is CC1(C)CC(C)(C)CC(O)(C(F)(F)C(=O)N2CCC[C@H]2c2nnc(COc3ccccc3)o2)C1. The Hall–Kier alpha value is -2.55. The van der Waals surface area contributed by atoms with Crippen LogP contribution in [0.2, 0.25) is 0 Å². The lowest BCUT2D eigenvalue weighted by atomic mass is 9.58. The standard InChI is InChI=1S/C25H33F2N3O4/c1-22(2)14-23(3,4)16-24(32,15-22)25(26,27)21(31)30-12-8-11-18(30)20-29-28-19(34-20)13-33-17-9-6-5-7-10-17/h5-7,9-10,18,32H,8,11-16H2,1-4H3/t18-/m0/s1. The lowest BCUT2D eigenvalue weighted by molar-refractivity contribution is -0.231. The minimum absolute atomic E-state index is 0.0256. The van der Waals surface area contributed by atoms with Crippen molar-refractivity contribution >= 4 is 5.91 Å². The molecule has 1 saturated heterocycles. The lowest BCUT2D eigenvalue weighted by Gasteiger charge is -2.51. The third kappa shape index (κ3) is 4.80. The Kier molecular flexibility index (Phi) is 6.21. The Bertz CT molecular complexity index is 1010. The molecule has 2 aromatic rings. The highest BCUT2D eigenvalue weighted by molar-refractivity contribution is 5.85. The van der Waals surface area contributed by atoms with Gasteiger partial charge in [-0.2, -0.15) is 8.78 Å². The molecule has 0 spiro atoms. The van der Waals surface area contributed by atoms with E-state index in [0.29, 0.717) is 25.0 Å². The molecular formula is C25H33F2N3O4. The third-order valence-electron chi connectivity index (χ3n) is 6.74. The van der Waals surface area contributed by atoms with E-state index < -0.39 is 34.3 Å². The molecule has 1 aromatic heterocycles. The van der Waals surface area contributed by atoms with Gasteiger partial charge >= 0.3 is 5.92 Å². The topological polar surface area (TPSA) is 88.7 Å². The number of aromatic nitrogens is 2. The molecule has 1 atom stereocenters. The van der Waals surface area contributed by atoms with Crippen LogP contribution in [0.4, 0.5) is 8.78 Å². The molecule has 0 bridgehead atoms. The van der Waals surface area contributed by atoms with Crippen molar-refractivity contribution in [2.45, 2.75) is 84.0 Å². The molecule has 2 heterocycles. The fourth-order valence-electron chi connectivity index (χ4n) is 6.06. The Morgan fingerprint density at radius 3 is 2.44 bits per heavy atom. The Balaban J connectivity index is 1.50. The Labute approximate surface area is 198 Å². The van der Waals surface area contributed by atoms with Gasteiger partial charge in [-0.3, -0.25) is 4.79 Å². The summed E-state index contributed by atoms with van der Waals surface area (Å²) < 4.78 is 42.7. The number of benzene rings is 1. The largest absolute Gasteiger partial charge is 0.484 e. The highest BCUT2D eigenvalue weighted by atomic mass is 19.3. The predicted molar refractivity (Wildman–Crippen MR) is 120 cm³/mol. The fraction of sp³-hybridized carbons (Fsp3) is 0.640. The third-order valence-corrected chi connectivity index (χ3v) is 6.74. The van der Waals surface area contributed by atoms with Crippen LogP contribution >= 0.6 is 0 Å². The number of para-hydroxylation sites is 1. The molecule has 0 unspecified atom stereocenters. The number of halogens is 2. The number of nitrogens with zero attached hydrogens (tertiary/aromatic N) is 3. The maximum atomic E-state index is 15.7. The highest BCUT2D eigenvalue weighted by Gasteiger charge is 2.65. The normalized spacial score (nSPS) is 23.6. The molecule has 7 nitrogen and oxygen atoms in total. The van der Waals surface area contributed by atoms with Crippen LogP contribution in [0.15, 0.2) is 34.7 Å². The summed E-state index contributed by atoms with van der Waals surface area (Å²) in [7, 11) is 0. The van der Waals surface area contributed by atoms with Crippen molar-refractivity contribution in [3.05, 3.63) is 42.1 Å². The number of carbonyl (C=O) groups is 1. The molecule has 1 aliphatic heterocycles. The van der Waals surface area contributed by atoms with Crippen LogP contribution < -0.4 is 4.74 Å². The monoisotopic (exact) mass is 477 g/mol. The zero-order valence-electron chi connectivity index (χ0n) is 20.2. The van der Waals surface area contributed by atoms with Crippen LogP contribution in [0.3, 0.4) is 0 Å². The average molecular weight is 478 g/mol. The van der Waals surface area contributed by atoms with Gasteiger partial charge in [-0.15, -0.1) is 10.2 Å². The average Bonchev–Trinajstić information content (AvgIpc) is 3.39. The summed E-state index contributed by atoms with van der Waals surface area (Å²) in [6.07, 6.45) is 1.34. The lowest BCUT2D eigenvalue weighted by Crippen LogP contribution is -2.62. The summed E-state index contributed by atoms with van der Waals surface area (Å²) >= 11 is 0. The van der Waals surface area contributed by atoms with Gasteiger partial charge in [-0.25, -0.2) is 0 Å². The molecule has 2 aliphatic rings. The fourth-order valence-corrected chi connectivity index (χ4v) is 6.06. The van der Waals surface area contributed by atoms with Gasteiger partial charge in [0.1, 0.15) is 17.4 Å². The van der Waals surface area contributed by atoms with Gasteiger partial charge in [0.2, 0.25) is 5.89 Å². The summed E-state index contributed by atoms with van der Waals surface area (Å²) in [5.74, 6) is -4.40. The summed E-state index contributed by atoms with van der Waals surface area (Å²) in [5, 5.41) is 19.1. The number of carbonyl (C=O) groups excluding carboxylic acids is 1. The van der Waals surface area contributed by atoms with E-state index in [1.807, 2.05) is 45.9 Å². The molecule has 2 fully saturated rings. The summed E-state index contributed by atoms with van der Waals surface area (Å²) in [6.45, 7) is 7.59. The number of aliphatic hydroxyl groups is 1. The van der Waals surface area contributed by atoms with E-state index in [4.69, 9.17) is 9.15 Å². The first-order valence-corrected chi connectivity index (χ1v) is 11.7. The second kappa shape index (κ2) is 8.59. The molecule has 9 heteroatoms. The van der Waals surface area contributed by atoms with E-state index in [-0.39, 0.29) is 37.8 Å². The molecule has 1 amide bonds. The van der Waals surface area contributed by atoms with Crippen LogP contribution in [0.5, 0.6) is 5.75 Å². The van der Waals surface area contributed by atoms with Crippen molar-refractivity contribution in [1.82, 2.24) is 15.1 Å². The molecule has 1 aromatic carbocycles. The number of likely N-dealkylation sites (tertiary alicyclic amines) is 1. The van der Waals surface area contributed by atoms with Crippen LogP contribution in [-0.2, 0) is 11.4 Å². The van der Waals surface area contributed by atoms with Crippen molar-refractivity contribution in [3.8, 4) is 5.75 Å². The zero-order chi connectivity index (χ0) is 24.8. The number of hydrogen-bond donors (Lipinski definition) is 1. The molecular weight excluding hydrogens is 444 g/mol. The number of rotatable bonds is 6. The van der Waals surface area contributed by atoms with Gasteiger partial charge in [-0.1, -0.05) is 45.9 Å². The van der Waals surface area contributed by atoms with Gasteiger partial charge in [0.15, 0.2) is 6.61 Å². The maximum absolute atomic E-state index is 15.7. The molecule has 4 rings (SSSR count). The van der Waals surface area contributed by atoms with Gasteiger partial charge in [-0.05, 0) is 55.1 Å². The second-order valence-corrected chi connectivity index (χ2v) is 11.3. The number of amides is 1. The van der Waals surface area contributed by atoms with Gasteiger partial charge in [0, 0.05) is 6.54 Å². The number of hydrogen-bond acceptors (Lipinski definition) is 6. The summed E-state index contributed by atoms with van der Waals surface area (Å²) in [4.78, 5) is 14.3. The summed E-state index contributed by atoms with van der Waals surface area (Å²) in [5.41, 5.74) is -3.47. The maximum Gasteiger partial charge on any atom is 0.352 e. The Morgan fingerprint density at radius 2 is 1.79 bits per heavy atom. The van der Waals surface area contributed by atoms with Crippen LogP contribution in [-0.4, -0.2) is 44.2 Å². The second-order valence-electron chi connectivity index (χ2n) is 11.3. The Morgan fingerprint density at radius 1 is 1.15 bits per heavy atom. The molecule has 34 heavy (non-hydrogen) atoms. The minimum Gasteiger partial charge on any atom is -0.484 e. The molecule has 1 aliphatic carbocycles. The van der Waals surface area contributed by atoms with Gasteiger partial charge in [0.25, 0.3) is 11.8 Å². The van der Waals surface area contributed by atoms with E-state index in [1.54, 1.807) is 12.1 Å². The van der Waals surface area contributed by atoms with E-state index in [0.717, 1.165) is 4.90 Å². The van der Waals surface area contributed by atoms with E-state index in [9.17, 15) is 9.90 Å². The number of alkyl halides is 2. The van der Waals surface area contributed by atoms with Gasteiger partial charge < -0.3 is 19.2 Å². The van der Waals surface area contributed by atoms with Gasteiger partial charge in [0.05, 0.1) is 0 Å². The van der Waals surface area contributed by atoms with E-state index >= 15 is 8.78 Å². The van der Waals surface area contributed by atoms with Crippen LogP contribution in [0, 0.1) is 10.8 Å². The van der Waals surface area contributed by atoms with Crippen LogP contribution in [0.1, 0.15) is 77.6 Å². The van der Waals surface area contributed by atoms with E-state index in [2.05, 4.69) is 10.2 Å². The van der Waals surface area contributed by atoms with Crippen molar-refractivity contribution in [1.29, 1.82) is 0 Å². The van der Waals surface area contributed by atoms with E-state index in [1.165, 1.54) is 0 Å². The molecule has 0 radical (unpaired) electrons. The van der Waals surface area contributed by atoms with Crippen molar-refractivity contribution in [3.63, 3.8) is 0 Å². The molecule has 1 N–H and O–H groups in total. The van der Waals surface area contributed by atoms with Crippen molar-refractivity contribution in [2.24, 2.45) is 10.8 Å². The quantitative estimate of drug-likeness (QED) is 0.636. The first-order valence-electron chi connectivity index (χ1n) is 11.7. The summed E-state index contributed by atoms with van der Waals surface area (Å²) in [6, 6.07) is 8.35. The zero-order valence-corrected chi connectivity index (χ0v) is 20.2. The molecule has 186 valence electrons. The van der Waals surface area contributed by atoms with Crippen molar-refractivity contribution < 1.29 is 27.8 Å². The molecule has 1 saturated carbocycles. The first kappa shape index (κ1) is 24.6. The van der Waals surface area contributed by atoms with Crippen molar-refractivity contribution in [2.75, 3.05) is 6.54 Å². The van der Waals surface area contributed by atoms with Crippen LogP contribution in [0.25, 0.3) is 0 Å². The highest BCUT2D eigenvalue weighted by Crippen LogP contribution is 2.55.